The molecule has 1 aromatic heterocycles. The molecule has 2 heterocycles. The zero-order valence-corrected chi connectivity index (χ0v) is 28.2. The van der Waals surface area contributed by atoms with Gasteiger partial charge in [0, 0.05) is 24.3 Å². The van der Waals surface area contributed by atoms with Gasteiger partial charge < -0.3 is 30.3 Å². The molecule has 13 heteroatoms. The normalized spacial score (nSPS) is 17.9. The molecule has 1 unspecified atom stereocenters. The highest BCUT2D eigenvalue weighted by atomic mass is 32.2. The van der Waals surface area contributed by atoms with E-state index in [-0.39, 0.29) is 36.9 Å². The number of aliphatic hydroxyl groups excluding tert-OH is 1. The maximum absolute atomic E-state index is 12.7. The molecule has 6 rings (SSSR count). The molecule has 4 N–H and O–H groups in total. The fourth-order valence-electron chi connectivity index (χ4n) is 5.55. The summed E-state index contributed by atoms with van der Waals surface area (Å²) >= 11 is 1.46. The van der Waals surface area contributed by atoms with Crippen LogP contribution >= 0.6 is 11.8 Å². The molecule has 0 bridgehead atoms. The summed E-state index contributed by atoms with van der Waals surface area (Å²) in [6, 6.07) is 30.5. The first-order chi connectivity index (χ1) is 24.3. The smallest absolute Gasteiger partial charge is 0.315 e. The largest absolute Gasteiger partial charge is 0.508 e. The van der Waals surface area contributed by atoms with Crippen molar-refractivity contribution in [2.75, 3.05) is 5.75 Å². The first kappa shape index (κ1) is 34.8. The number of hydrogen-bond acceptors (Lipinski definition) is 10. The molecular formula is C37H38N6O6S. The van der Waals surface area contributed by atoms with Crippen molar-refractivity contribution in [1.82, 2.24) is 30.8 Å². The summed E-state index contributed by atoms with van der Waals surface area (Å²) in [6.45, 7) is 1.70. The van der Waals surface area contributed by atoms with Gasteiger partial charge in [-0.1, -0.05) is 90.6 Å². The van der Waals surface area contributed by atoms with Crippen LogP contribution in [0, 0.1) is 0 Å². The number of amides is 2. The number of nitrogens with one attached hydrogen (secondary N) is 2. The highest BCUT2D eigenvalue weighted by molar-refractivity contribution is 7.99. The highest BCUT2D eigenvalue weighted by Gasteiger charge is 2.32. The van der Waals surface area contributed by atoms with Crippen molar-refractivity contribution >= 4 is 23.6 Å². The molecule has 0 saturated carbocycles. The average molecular weight is 695 g/mol. The monoisotopic (exact) mass is 694 g/mol. The summed E-state index contributed by atoms with van der Waals surface area (Å²) in [6.07, 6.45) is -0.145. The van der Waals surface area contributed by atoms with Crippen molar-refractivity contribution in [3.8, 4) is 11.4 Å². The number of ether oxygens (including phenoxy) is 2. The number of aliphatic hydroxyl groups is 1. The van der Waals surface area contributed by atoms with Crippen LogP contribution in [-0.2, 0) is 33.8 Å². The lowest BCUT2D eigenvalue weighted by Gasteiger charge is -2.36. The molecule has 1 aliphatic rings. The van der Waals surface area contributed by atoms with Crippen LogP contribution in [0.5, 0.6) is 5.75 Å². The van der Waals surface area contributed by atoms with Crippen molar-refractivity contribution in [1.29, 1.82) is 0 Å². The number of ketones is 1. The number of benzene rings is 4. The lowest BCUT2D eigenvalue weighted by atomic mass is 10.0. The number of phenolic OH excluding ortho intramolecular Hbond substituents is 1. The third-order valence-corrected chi connectivity index (χ3v) is 9.38. The number of carbonyl (C=O) groups is 2. The molecule has 12 nitrogen and oxygen atoms in total. The topological polar surface area (TPSA) is 161 Å². The number of urea groups is 1. The van der Waals surface area contributed by atoms with E-state index in [2.05, 4.69) is 26.2 Å². The average Bonchev–Trinajstić information content (AvgIpc) is 3.62. The van der Waals surface area contributed by atoms with Crippen LogP contribution in [0.15, 0.2) is 108 Å². The summed E-state index contributed by atoms with van der Waals surface area (Å²) < 4.78 is 14.6. The molecule has 5 aromatic rings. The van der Waals surface area contributed by atoms with Crippen molar-refractivity contribution in [3.05, 3.63) is 131 Å². The van der Waals surface area contributed by atoms with Crippen LogP contribution in [0.4, 0.5) is 4.79 Å². The Morgan fingerprint density at radius 3 is 2.30 bits per heavy atom. The van der Waals surface area contributed by atoms with E-state index in [0.29, 0.717) is 23.8 Å². The minimum absolute atomic E-state index is 0.0413. The molecule has 0 aliphatic carbocycles. The van der Waals surface area contributed by atoms with E-state index in [9.17, 15) is 19.8 Å². The van der Waals surface area contributed by atoms with Crippen LogP contribution in [0.3, 0.4) is 0 Å². The van der Waals surface area contributed by atoms with E-state index in [1.54, 1.807) is 28.9 Å². The SMILES string of the molecule is CC(=O)[C@@H](Cc1ccccc1)NC(=O)NCc1ccc(C2O[C@H](CSc3nnnn3-c3ccc(O)cc3)C[C@H](c3ccc(CO)cc3)O2)cc1. The van der Waals surface area contributed by atoms with Gasteiger partial charge in [-0.3, -0.25) is 4.79 Å². The number of Topliss-reactive ketones (excluding diaryl/α,β-unsaturated/α-hetero) is 1. The van der Waals surface area contributed by atoms with Gasteiger partial charge in [-0.15, -0.1) is 5.10 Å². The molecule has 4 atom stereocenters. The van der Waals surface area contributed by atoms with Crippen LogP contribution in [0.25, 0.3) is 5.69 Å². The second-order valence-electron chi connectivity index (χ2n) is 12.0. The number of thioether (sulfide) groups is 1. The molecule has 1 fully saturated rings. The maximum atomic E-state index is 12.7. The molecule has 4 aromatic carbocycles. The first-order valence-electron chi connectivity index (χ1n) is 16.2. The van der Waals surface area contributed by atoms with E-state index in [4.69, 9.17) is 9.47 Å². The van der Waals surface area contributed by atoms with Crippen LogP contribution < -0.4 is 10.6 Å². The third kappa shape index (κ3) is 9.12. The predicted molar refractivity (Wildman–Crippen MR) is 186 cm³/mol. The Kier molecular flexibility index (Phi) is 11.5. The Morgan fingerprint density at radius 1 is 0.900 bits per heavy atom. The Hall–Kier alpha value is -5.08. The Balaban J connectivity index is 1.10. The van der Waals surface area contributed by atoms with E-state index >= 15 is 0 Å². The number of aromatic hydroxyl groups is 1. The lowest BCUT2D eigenvalue weighted by Crippen LogP contribution is -2.46. The van der Waals surface area contributed by atoms with Crippen molar-refractivity contribution in [3.63, 3.8) is 0 Å². The quantitative estimate of drug-likeness (QED) is 0.121. The zero-order valence-electron chi connectivity index (χ0n) is 27.4. The minimum atomic E-state index is -0.662. The maximum Gasteiger partial charge on any atom is 0.315 e. The van der Waals surface area contributed by atoms with Crippen molar-refractivity contribution in [2.24, 2.45) is 0 Å². The Labute approximate surface area is 293 Å². The summed E-state index contributed by atoms with van der Waals surface area (Å²) in [5.74, 6) is 0.588. The van der Waals surface area contributed by atoms with Gasteiger partial charge >= 0.3 is 6.03 Å². The molecule has 0 radical (unpaired) electrons. The van der Waals surface area contributed by atoms with Gasteiger partial charge in [-0.05, 0) is 70.3 Å². The molecule has 2 amide bonds. The van der Waals surface area contributed by atoms with Crippen LogP contribution in [0.1, 0.15) is 53.6 Å². The molecule has 50 heavy (non-hydrogen) atoms. The van der Waals surface area contributed by atoms with Crippen molar-refractivity contribution < 1.29 is 29.3 Å². The van der Waals surface area contributed by atoms with Crippen LogP contribution in [0.2, 0.25) is 0 Å². The Bertz CT molecular complexity index is 1850. The van der Waals surface area contributed by atoms with Gasteiger partial charge in [0.05, 0.1) is 30.5 Å². The molecule has 1 saturated heterocycles. The van der Waals surface area contributed by atoms with Gasteiger partial charge in [0.2, 0.25) is 5.16 Å². The number of rotatable bonds is 13. The third-order valence-electron chi connectivity index (χ3n) is 8.33. The molecule has 0 spiro atoms. The van der Waals surface area contributed by atoms with Gasteiger partial charge in [0.1, 0.15) is 5.75 Å². The molecule has 258 valence electrons. The number of nitrogens with zero attached hydrogens (tertiary/aromatic N) is 4. The second-order valence-corrected chi connectivity index (χ2v) is 13.0. The number of carbonyl (C=O) groups excluding carboxylic acids is 2. The van der Waals surface area contributed by atoms with E-state index < -0.39 is 18.4 Å². The van der Waals surface area contributed by atoms with E-state index in [1.807, 2.05) is 78.9 Å². The summed E-state index contributed by atoms with van der Waals surface area (Å²) in [5, 5.41) is 37.6. The highest BCUT2D eigenvalue weighted by Crippen LogP contribution is 2.39. The number of hydrogen-bond donors (Lipinski definition) is 4. The molecule has 1 aliphatic heterocycles. The molecular weight excluding hydrogens is 657 g/mol. The number of aromatic nitrogens is 4. The summed E-state index contributed by atoms with van der Waals surface area (Å²) in [4.78, 5) is 24.9. The van der Waals surface area contributed by atoms with Crippen LogP contribution in [-0.4, -0.2) is 60.1 Å². The Morgan fingerprint density at radius 2 is 1.60 bits per heavy atom. The second kappa shape index (κ2) is 16.5. The van der Waals surface area contributed by atoms with E-state index in [1.165, 1.54) is 18.7 Å². The van der Waals surface area contributed by atoms with Gasteiger partial charge in [-0.2, -0.15) is 4.68 Å². The first-order valence-corrected chi connectivity index (χ1v) is 17.2. The van der Waals surface area contributed by atoms with E-state index in [0.717, 1.165) is 33.5 Å². The van der Waals surface area contributed by atoms with Crippen molar-refractivity contribution in [2.45, 2.75) is 62.6 Å². The fraction of sp³-hybridized carbons (Fsp3) is 0.270. The predicted octanol–water partition coefficient (Wildman–Crippen LogP) is 5.20. The van der Waals surface area contributed by atoms with Gasteiger partial charge in [0.25, 0.3) is 0 Å². The lowest BCUT2D eigenvalue weighted by molar-refractivity contribution is -0.245. The zero-order chi connectivity index (χ0) is 34.9. The van der Waals surface area contributed by atoms with Gasteiger partial charge in [0.15, 0.2) is 12.1 Å². The summed E-state index contributed by atoms with van der Waals surface area (Å²) in [7, 11) is 0. The minimum Gasteiger partial charge on any atom is -0.508 e. The number of tetrazole rings is 1. The number of phenols is 1. The van der Waals surface area contributed by atoms with Gasteiger partial charge in [-0.25, -0.2) is 4.79 Å². The summed E-state index contributed by atoms with van der Waals surface area (Å²) in [5.41, 5.74) is 5.17. The standard InChI is InChI=1S/C37H38N6O6S/c1-24(45)33(19-25-5-3-2-4-6-25)39-36(47)38-21-26-7-13-29(14-8-26)35-48-32(20-34(49-35)28-11-9-27(22-44)10-12-28)23-50-37-40-41-42-43(37)30-15-17-31(46)18-16-30/h2-18,32-35,44,46H,19-23H2,1H3,(H2,38,39,47)/t32-,33+,34+,35?/m0/s1. The fourth-order valence-corrected chi connectivity index (χ4v) is 6.45.